The first-order chi connectivity index (χ1) is 8.76. The molecule has 1 aliphatic heterocycles. The van der Waals surface area contributed by atoms with Gasteiger partial charge < -0.3 is 15.2 Å². The normalized spacial score (nSPS) is 33.5. The lowest BCUT2D eigenvalue weighted by Crippen LogP contribution is -2.40. The van der Waals surface area contributed by atoms with E-state index in [9.17, 15) is 0 Å². The number of ether oxygens (including phenoxy) is 2. The van der Waals surface area contributed by atoms with Crippen molar-refractivity contribution in [2.45, 2.75) is 81.5 Å². The fraction of sp³-hybridized carbons (Fsp3) is 1.00. The van der Waals surface area contributed by atoms with Crippen molar-refractivity contribution < 1.29 is 9.47 Å². The lowest BCUT2D eigenvalue weighted by molar-refractivity contribution is -0.109. The van der Waals surface area contributed by atoms with Crippen LogP contribution in [0.3, 0.4) is 0 Å². The molecule has 3 rings (SSSR count). The first kappa shape index (κ1) is 12.9. The van der Waals surface area contributed by atoms with Crippen LogP contribution in [0.4, 0.5) is 0 Å². The minimum atomic E-state index is -0.0191. The van der Waals surface area contributed by atoms with Crippen molar-refractivity contribution >= 4 is 0 Å². The van der Waals surface area contributed by atoms with Crippen molar-refractivity contribution in [2.24, 2.45) is 5.73 Å². The Balaban J connectivity index is 1.49. The summed E-state index contributed by atoms with van der Waals surface area (Å²) in [5, 5.41) is 0. The zero-order chi connectivity index (χ0) is 12.5. The van der Waals surface area contributed by atoms with Crippen LogP contribution in [0.25, 0.3) is 0 Å². The third kappa shape index (κ3) is 2.45. The highest BCUT2D eigenvalue weighted by Gasteiger charge is 2.43. The molecule has 1 heterocycles. The Morgan fingerprint density at radius 3 is 2.33 bits per heavy atom. The SMILES string of the molecule is NCC1(OCC2CCC3(CCCC3)O2)CCCC1. The molecule has 2 N–H and O–H groups in total. The van der Waals surface area contributed by atoms with Crippen LogP contribution >= 0.6 is 0 Å². The van der Waals surface area contributed by atoms with Crippen LogP contribution < -0.4 is 5.73 Å². The summed E-state index contributed by atoms with van der Waals surface area (Å²) in [6, 6.07) is 0. The van der Waals surface area contributed by atoms with E-state index in [4.69, 9.17) is 15.2 Å². The average Bonchev–Trinajstić information content (AvgIpc) is 3.11. The van der Waals surface area contributed by atoms with E-state index >= 15 is 0 Å². The summed E-state index contributed by atoms with van der Waals surface area (Å²) in [5.74, 6) is 0. The largest absolute Gasteiger partial charge is 0.371 e. The van der Waals surface area contributed by atoms with Gasteiger partial charge in [0, 0.05) is 6.54 Å². The predicted molar refractivity (Wildman–Crippen MR) is 71.5 cm³/mol. The minimum absolute atomic E-state index is 0.0191. The van der Waals surface area contributed by atoms with Crippen molar-refractivity contribution in [1.82, 2.24) is 0 Å². The van der Waals surface area contributed by atoms with E-state index in [2.05, 4.69) is 0 Å². The van der Waals surface area contributed by atoms with Gasteiger partial charge in [-0.1, -0.05) is 25.7 Å². The molecule has 0 bridgehead atoms. The van der Waals surface area contributed by atoms with E-state index in [0.29, 0.717) is 12.6 Å². The zero-order valence-electron chi connectivity index (χ0n) is 11.5. The van der Waals surface area contributed by atoms with Gasteiger partial charge in [0.25, 0.3) is 0 Å². The highest BCUT2D eigenvalue weighted by molar-refractivity contribution is 4.94. The summed E-state index contributed by atoms with van der Waals surface area (Å²) in [5.41, 5.74) is 6.12. The molecule has 0 aromatic heterocycles. The lowest BCUT2D eigenvalue weighted by Gasteiger charge is -2.30. The smallest absolute Gasteiger partial charge is 0.0817 e. The molecule has 1 spiro atoms. The van der Waals surface area contributed by atoms with E-state index in [0.717, 1.165) is 19.4 Å². The van der Waals surface area contributed by atoms with E-state index in [-0.39, 0.29) is 11.2 Å². The lowest BCUT2D eigenvalue weighted by atomic mass is 9.98. The molecule has 3 nitrogen and oxygen atoms in total. The Bertz CT molecular complexity index is 280. The number of rotatable bonds is 4. The van der Waals surface area contributed by atoms with Gasteiger partial charge in [-0.15, -0.1) is 0 Å². The molecule has 0 aromatic carbocycles. The molecule has 0 aromatic rings. The standard InChI is InChI=1S/C15H27NO2/c16-12-15(8-3-4-9-15)17-11-13-5-10-14(18-13)6-1-2-7-14/h13H,1-12,16H2. The van der Waals surface area contributed by atoms with Gasteiger partial charge in [0.2, 0.25) is 0 Å². The second-order valence-corrected chi connectivity index (χ2v) is 6.57. The molecule has 0 radical (unpaired) electrons. The highest BCUT2D eigenvalue weighted by atomic mass is 16.6. The summed E-state index contributed by atoms with van der Waals surface area (Å²) < 4.78 is 12.5. The Morgan fingerprint density at radius 1 is 1.00 bits per heavy atom. The zero-order valence-corrected chi connectivity index (χ0v) is 11.5. The van der Waals surface area contributed by atoms with Crippen LogP contribution in [0.15, 0.2) is 0 Å². The second kappa shape index (κ2) is 5.10. The quantitative estimate of drug-likeness (QED) is 0.838. The Morgan fingerprint density at radius 2 is 1.67 bits per heavy atom. The summed E-state index contributed by atoms with van der Waals surface area (Å²) in [6.07, 6.45) is 12.8. The first-order valence-corrected chi connectivity index (χ1v) is 7.78. The Labute approximate surface area is 110 Å². The monoisotopic (exact) mass is 253 g/mol. The maximum Gasteiger partial charge on any atom is 0.0817 e. The predicted octanol–water partition coefficient (Wildman–Crippen LogP) is 2.77. The molecule has 3 fully saturated rings. The number of hydrogen-bond acceptors (Lipinski definition) is 3. The fourth-order valence-corrected chi connectivity index (χ4v) is 4.10. The van der Waals surface area contributed by atoms with Gasteiger partial charge in [-0.25, -0.2) is 0 Å². The van der Waals surface area contributed by atoms with Gasteiger partial charge in [-0.05, 0) is 38.5 Å². The summed E-state index contributed by atoms with van der Waals surface area (Å²) in [4.78, 5) is 0. The van der Waals surface area contributed by atoms with Crippen molar-refractivity contribution in [3.63, 3.8) is 0 Å². The molecular formula is C15H27NO2. The maximum absolute atomic E-state index is 6.29. The van der Waals surface area contributed by atoms with Crippen molar-refractivity contribution in [1.29, 1.82) is 0 Å². The Kier molecular flexibility index (Phi) is 3.65. The van der Waals surface area contributed by atoms with Crippen molar-refractivity contribution in [2.75, 3.05) is 13.2 Å². The van der Waals surface area contributed by atoms with Gasteiger partial charge in [-0.2, -0.15) is 0 Å². The molecule has 0 amide bonds. The summed E-state index contributed by atoms with van der Waals surface area (Å²) in [7, 11) is 0. The Hall–Kier alpha value is -0.120. The molecule has 1 unspecified atom stereocenters. The highest BCUT2D eigenvalue weighted by Crippen LogP contribution is 2.43. The number of nitrogens with two attached hydrogens (primary N) is 1. The molecule has 3 heteroatoms. The summed E-state index contributed by atoms with van der Waals surface area (Å²) >= 11 is 0. The van der Waals surface area contributed by atoms with Crippen LogP contribution in [0.2, 0.25) is 0 Å². The molecule has 18 heavy (non-hydrogen) atoms. The second-order valence-electron chi connectivity index (χ2n) is 6.57. The molecule has 104 valence electrons. The molecular weight excluding hydrogens is 226 g/mol. The van der Waals surface area contributed by atoms with Crippen LogP contribution in [0.1, 0.15) is 64.2 Å². The van der Waals surface area contributed by atoms with E-state index < -0.39 is 0 Å². The topological polar surface area (TPSA) is 44.5 Å². The van der Waals surface area contributed by atoms with Gasteiger partial charge in [0.05, 0.1) is 23.9 Å². The molecule has 1 atom stereocenters. The summed E-state index contributed by atoms with van der Waals surface area (Å²) in [6.45, 7) is 1.43. The minimum Gasteiger partial charge on any atom is -0.371 e. The fourth-order valence-electron chi connectivity index (χ4n) is 4.10. The van der Waals surface area contributed by atoms with Crippen molar-refractivity contribution in [3.05, 3.63) is 0 Å². The van der Waals surface area contributed by atoms with Crippen LogP contribution in [-0.2, 0) is 9.47 Å². The van der Waals surface area contributed by atoms with Crippen molar-refractivity contribution in [3.8, 4) is 0 Å². The molecule has 2 saturated carbocycles. The maximum atomic E-state index is 6.29. The third-order valence-electron chi connectivity index (χ3n) is 5.32. The van der Waals surface area contributed by atoms with Crippen LogP contribution in [0.5, 0.6) is 0 Å². The van der Waals surface area contributed by atoms with Gasteiger partial charge in [0.15, 0.2) is 0 Å². The van der Waals surface area contributed by atoms with Crippen LogP contribution in [-0.4, -0.2) is 30.5 Å². The van der Waals surface area contributed by atoms with E-state index in [1.807, 2.05) is 0 Å². The number of hydrogen-bond donors (Lipinski definition) is 1. The first-order valence-electron chi connectivity index (χ1n) is 7.78. The molecule has 2 aliphatic carbocycles. The molecule has 1 saturated heterocycles. The van der Waals surface area contributed by atoms with Gasteiger partial charge in [0.1, 0.15) is 0 Å². The van der Waals surface area contributed by atoms with Gasteiger partial charge >= 0.3 is 0 Å². The van der Waals surface area contributed by atoms with Gasteiger partial charge in [-0.3, -0.25) is 0 Å². The third-order valence-corrected chi connectivity index (χ3v) is 5.32. The molecule has 3 aliphatic rings. The van der Waals surface area contributed by atoms with E-state index in [1.165, 1.54) is 51.4 Å². The van der Waals surface area contributed by atoms with Crippen LogP contribution in [0, 0.1) is 0 Å². The average molecular weight is 253 g/mol. The van der Waals surface area contributed by atoms with E-state index in [1.54, 1.807) is 0 Å².